The molecule has 1 saturated heterocycles. The van der Waals surface area contributed by atoms with Gasteiger partial charge in [-0.25, -0.2) is 9.67 Å². The Balaban J connectivity index is 2.10. The van der Waals surface area contributed by atoms with E-state index in [2.05, 4.69) is 52.7 Å². The van der Waals surface area contributed by atoms with E-state index in [9.17, 15) is 0 Å². The van der Waals surface area contributed by atoms with Crippen LogP contribution in [-0.4, -0.2) is 44.3 Å². The van der Waals surface area contributed by atoms with Gasteiger partial charge in [-0.15, -0.1) is 0 Å². The van der Waals surface area contributed by atoms with E-state index in [0.717, 1.165) is 44.8 Å². The van der Waals surface area contributed by atoms with Crippen LogP contribution in [0, 0.1) is 0 Å². The van der Waals surface area contributed by atoms with Crippen molar-refractivity contribution >= 4 is 0 Å². The molecule has 5 nitrogen and oxygen atoms in total. The molecule has 2 rings (SSSR count). The molecule has 2 atom stereocenters. The van der Waals surface area contributed by atoms with Crippen LogP contribution in [0.3, 0.4) is 0 Å². The van der Waals surface area contributed by atoms with Crippen LogP contribution in [0.25, 0.3) is 0 Å². The second kappa shape index (κ2) is 7.36. The molecule has 5 heteroatoms. The molecule has 2 unspecified atom stereocenters. The molecule has 0 amide bonds. The van der Waals surface area contributed by atoms with Gasteiger partial charge in [0.05, 0.1) is 6.54 Å². The fourth-order valence-electron chi connectivity index (χ4n) is 3.16. The van der Waals surface area contributed by atoms with Crippen molar-refractivity contribution in [2.75, 3.05) is 13.1 Å². The van der Waals surface area contributed by atoms with E-state index in [0.29, 0.717) is 6.04 Å². The number of nitrogens with one attached hydrogen (secondary N) is 1. The van der Waals surface area contributed by atoms with Crippen molar-refractivity contribution in [3.05, 3.63) is 12.2 Å². The Morgan fingerprint density at radius 1 is 1.33 bits per heavy atom. The smallest absolute Gasteiger partial charge is 0.141 e. The minimum Gasteiger partial charge on any atom is -0.309 e. The molecule has 0 bridgehead atoms. The van der Waals surface area contributed by atoms with E-state index in [1.807, 2.05) is 0 Å². The van der Waals surface area contributed by atoms with Crippen molar-refractivity contribution in [2.45, 2.75) is 78.0 Å². The van der Waals surface area contributed by atoms with Crippen molar-refractivity contribution in [1.82, 2.24) is 25.0 Å². The number of aromatic nitrogens is 3. The summed E-state index contributed by atoms with van der Waals surface area (Å²) in [5.74, 6) is 1.11. The zero-order valence-corrected chi connectivity index (χ0v) is 14.1. The number of nitrogens with zero attached hydrogens (tertiary/aromatic N) is 4. The highest BCUT2D eigenvalue weighted by molar-refractivity contribution is 4.97. The Morgan fingerprint density at radius 2 is 2.14 bits per heavy atom. The molecule has 0 radical (unpaired) electrons. The van der Waals surface area contributed by atoms with Crippen LogP contribution in [0.2, 0.25) is 0 Å². The Hall–Kier alpha value is -0.940. The lowest BCUT2D eigenvalue weighted by molar-refractivity contribution is 0.0690. The number of aryl methyl sites for hydroxylation is 1. The number of hydrogen-bond acceptors (Lipinski definition) is 4. The third-order valence-electron chi connectivity index (χ3n) is 4.71. The third-order valence-corrected chi connectivity index (χ3v) is 4.71. The minimum absolute atomic E-state index is 0.222. The Bertz CT molecular complexity index is 430. The summed E-state index contributed by atoms with van der Waals surface area (Å²) < 4.78 is 2.06. The Labute approximate surface area is 129 Å². The van der Waals surface area contributed by atoms with E-state index in [-0.39, 0.29) is 5.54 Å². The molecule has 120 valence electrons. The molecular weight excluding hydrogens is 262 g/mol. The molecule has 1 aromatic rings. The van der Waals surface area contributed by atoms with E-state index in [4.69, 9.17) is 0 Å². The second-order valence-electron chi connectivity index (χ2n) is 6.54. The molecule has 1 fully saturated rings. The van der Waals surface area contributed by atoms with E-state index < -0.39 is 0 Å². The maximum absolute atomic E-state index is 4.49. The lowest BCUT2D eigenvalue weighted by Gasteiger charge is -2.46. The van der Waals surface area contributed by atoms with Crippen LogP contribution in [0.5, 0.6) is 0 Å². The van der Waals surface area contributed by atoms with Crippen molar-refractivity contribution in [1.29, 1.82) is 0 Å². The first-order valence-corrected chi connectivity index (χ1v) is 8.47. The van der Waals surface area contributed by atoms with Crippen LogP contribution in [0.1, 0.15) is 59.2 Å². The SMILES string of the molecule is CCCC1CNC(C)(CC)CN1Cc1ncnn1CCC. The number of rotatable bonds is 7. The van der Waals surface area contributed by atoms with Crippen molar-refractivity contribution in [3.8, 4) is 0 Å². The summed E-state index contributed by atoms with van der Waals surface area (Å²) in [5, 5.41) is 8.11. The first-order chi connectivity index (χ1) is 10.1. The average molecular weight is 293 g/mol. The van der Waals surface area contributed by atoms with Crippen LogP contribution >= 0.6 is 0 Å². The van der Waals surface area contributed by atoms with Crippen LogP contribution in [0.4, 0.5) is 0 Å². The Morgan fingerprint density at radius 3 is 2.81 bits per heavy atom. The number of hydrogen-bond donors (Lipinski definition) is 1. The zero-order valence-electron chi connectivity index (χ0n) is 14.1. The molecule has 1 aliphatic rings. The lowest BCUT2D eigenvalue weighted by atomic mass is 9.92. The summed E-state index contributed by atoms with van der Waals surface area (Å²) in [6.45, 7) is 13.1. The van der Waals surface area contributed by atoms with Gasteiger partial charge < -0.3 is 5.32 Å². The van der Waals surface area contributed by atoms with Gasteiger partial charge in [-0.05, 0) is 26.2 Å². The standard InChI is InChI=1S/C16H31N5/c1-5-8-14-10-18-16(4,7-3)12-20(14)11-15-17-13-19-21(15)9-6-2/h13-14,18H,5-12H2,1-4H3. The quantitative estimate of drug-likeness (QED) is 0.839. The average Bonchev–Trinajstić information content (AvgIpc) is 2.90. The lowest BCUT2D eigenvalue weighted by Crippen LogP contribution is -2.62. The first-order valence-electron chi connectivity index (χ1n) is 8.47. The van der Waals surface area contributed by atoms with Gasteiger partial charge in [0.15, 0.2) is 0 Å². The van der Waals surface area contributed by atoms with Crippen LogP contribution in [0.15, 0.2) is 6.33 Å². The molecule has 21 heavy (non-hydrogen) atoms. The van der Waals surface area contributed by atoms with Gasteiger partial charge in [0, 0.05) is 31.2 Å². The molecule has 0 aliphatic carbocycles. The topological polar surface area (TPSA) is 46.0 Å². The van der Waals surface area contributed by atoms with Crippen molar-refractivity contribution < 1.29 is 0 Å². The third kappa shape index (κ3) is 4.04. The molecule has 0 aromatic carbocycles. The molecule has 0 spiro atoms. The van der Waals surface area contributed by atoms with Gasteiger partial charge in [-0.2, -0.15) is 5.10 Å². The van der Waals surface area contributed by atoms with Gasteiger partial charge in [0.1, 0.15) is 12.2 Å². The molecule has 1 aliphatic heterocycles. The predicted octanol–water partition coefficient (Wildman–Crippen LogP) is 2.43. The van der Waals surface area contributed by atoms with Gasteiger partial charge >= 0.3 is 0 Å². The molecular formula is C16H31N5. The fourth-order valence-corrected chi connectivity index (χ4v) is 3.16. The Kier molecular flexibility index (Phi) is 5.76. The summed E-state index contributed by atoms with van der Waals surface area (Å²) in [6.07, 6.45) is 6.43. The molecule has 0 saturated carbocycles. The molecule has 1 N–H and O–H groups in total. The van der Waals surface area contributed by atoms with Gasteiger partial charge in [0.2, 0.25) is 0 Å². The summed E-state index contributed by atoms with van der Waals surface area (Å²) in [7, 11) is 0. The van der Waals surface area contributed by atoms with Crippen LogP contribution < -0.4 is 5.32 Å². The van der Waals surface area contributed by atoms with E-state index in [1.54, 1.807) is 6.33 Å². The minimum atomic E-state index is 0.222. The molecule has 2 heterocycles. The summed E-state index contributed by atoms with van der Waals surface area (Å²) in [4.78, 5) is 7.10. The largest absolute Gasteiger partial charge is 0.309 e. The summed E-state index contributed by atoms with van der Waals surface area (Å²) in [6, 6.07) is 0.612. The van der Waals surface area contributed by atoms with Gasteiger partial charge in [0.25, 0.3) is 0 Å². The normalized spacial score (nSPS) is 27.1. The highest BCUT2D eigenvalue weighted by atomic mass is 15.4. The summed E-state index contributed by atoms with van der Waals surface area (Å²) >= 11 is 0. The highest BCUT2D eigenvalue weighted by Crippen LogP contribution is 2.22. The molecule has 1 aromatic heterocycles. The van der Waals surface area contributed by atoms with Crippen molar-refractivity contribution in [3.63, 3.8) is 0 Å². The maximum Gasteiger partial charge on any atom is 0.141 e. The van der Waals surface area contributed by atoms with Gasteiger partial charge in [-0.3, -0.25) is 4.90 Å². The summed E-state index contributed by atoms with van der Waals surface area (Å²) in [5.41, 5.74) is 0.222. The first kappa shape index (κ1) is 16.4. The van der Waals surface area contributed by atoms with E-state index >= 15 is 0 Å². The van der Waals surface area contributed by atoms with Crippen LogP contribution in [-0.2, 0) is 13.1 Å². The van der Waals surface area contributed by atoms with Gasteiger partial charge in [-0.1, -0.05) is 27.2 Å². The number of piperazine rings is 1. The fraction of sp³-hybridized carbons (Fsp3) is 0.875. The second-order valence-corrected chi connectivity index (χ2v) is 6.54. The maximum atomic E-state index is 4.49. The van der Waals surface area contributed by atoms with Crippen molar-refractivity contribution in [2.24, 2.45) is 0 Å². The predicted molar refractivity (Wildman–Crippen MR) is 86.1 cm³/mol. The van der Waals surface area contributed by atoms with E-state index in [1.165, 1.54) is 12.8 Å². The zero-order chi connectivity index (χ0) is 15.3. The highest BCUT2D eigenvalue weighted by Gasteiger charge is 2.34. The monoisotopic (exact) mass is 293 g/mol.